The first kappa shape index (κ1) is 20.6. The van der Waals surface area contributed by atoms with Gasteiger partial charge in [-0.15, -0.1) is 0 Å². The van der Waals surface area contributed by atoms with Gasteiger partial charge in [0.15, 0.2) is 11.5 Å². The van der Waals surface area contributed by atoms with Crippen LogP contribution < -0.4 is 10.1 Å². The first-order valence-corrected chi connectivity index (χ1v) is 9.55. The van der Waals surface area contributed by atoms with Gasteiger partial charge >= 0.3 is 0 Å². The Morgan fingerprint density at radius 1 is 1.29 bits per heavy atom. The van der Waals surface area contributed by atoms with E-state index in [-0.39, 0.29) is 24.3 Å². The number of ether oxygens (including phenoxy) is 1. The summed E-state index contributed by atoms with van der Waals surface area (Å²) in [7, 11) is 1.84. The SMILES string of the molecule is Cc1nn(C)cc1C(C)NC(=O)c1ccc(COc2c(Cl)cc(Cl)cc2Cl)o1. The van der Waals surface area contributed by atoms with Crippen LogP contribution in [-0.2, 0) is 13.7 Å². The molecule has 9 heteroatoms. The fourth-order valence-electron chi connectivity index (χ4n) is 2.78. The molecule has 0 bridgehead atoms. The van der Waals surface area contributed by atoms with E-state index in [1.54, 1.807) is 16.8 Å². The molecule has 1 atom stereocenters. The largest absolute Gasteiger partial charge is 0.483 e. The molecule has 0 aliphatic carbocycles. The predicted octanol–water partition coefficient (Wildman–Crippen LogP) is 5.35. The molecule has 0 spiro atoms. The maximum Gasteiger partial charge on any atom is 0.287 e. The molecular formula is C19H18Cl3N3O3. The average molecular weight is 443 g/mol. The Balaban J connectivity index is 1.63. The molecule has 3 aromatic rings. The van der Waals surface area contributed by atoms with E-state index in [1.807, 2.05) is 27.1 Å². The molecule has 1 amide bonds. The number of aromatic nitrogens is 2. The molecule has 0 aliphatic rings. The lowest BCUT2D eigenvalue weighted by Crippen LogP contribution is -2.26. The van der Waals surface area contributed by atoms with Gasteiger partial charge < -0.3 is 14.5 Å². The maximum absolute atomic E-state index is 12.5. The highest BCUT2D eigenvalue weighted by Crippen LogP contribution is 2.36. The number of halogens is 3. The van der Waals surface area contributed by atoms with Gasteiger partial charge in [-0.2, -0.15) is 5.10 Å². The summed E-state index contributed by atoms with van der Waals surface area (Å²) in [5.74, 6) is 0.609. The van der Waals surface area contributed by atoms with E-state index in [2.05, 4.69) is 10.4 Å². The minimum absolute atomic E-state index is 0.0611. The second-order valence-electron chi connectivity index (χ2n) is 6.29. The van der Waals surface area contributed by atoms with E-state index < -0.39 is 0 Å². The van der Waals surface area contributed by atoms with Crippen molar-refractivity contribution < 1.29 is 13.9 Å². The number of rotatable bonds is 6. The quantitative estimate of drug-likeness (QED) is 0.558. The number of aryl methyl sites for hydroxylation is 2. The summed E-state index contributed by atoms with van der Waals surface area (Å²) in [4.78, 5) is 12.5. The van der Waals surface area contributed by atoms with Crippen LogP contribution >= 0.6 is 34.8 Å². The Morgan fingerprint density at radius 3 is 2.57 bits per heavy atom. The smallest absolute Gasteiger partial charge is 0.287 e. The number of carbonyl (C=O) groups is 1. The molecule has 148 valence electrons. The number of carbonyl (C=O) groups excluding carboxylic acids is 1. The fraction of sp³-hybridized carbons (Fsp3) is 0.263. The molecular weight excluding hydrogens is 425 g/mol. The number of nitrogens with one attached hydrogen (secondary N) is 1. The van der Waals surface area contributed by atoms with Crippen LogP contribution in [0.4, 0.5) is 0 Å². The van der Waals surface area contributed by atoms with Gasteiger partial charge in [0, 0.05) is 23.8 Å². The number of benzene rings is 1. The summed E-state index contributed by atoms with van der Waals surface area (Å²) in [6.45, 7) is 3.85. The molecule has 0 aliphatic heterocycles. The van der Waals surface area contributed by atoms with Crippen LogP contribution in [0.2, 0.25) is 15.1 Å². The minimum Gasteiger partial charge on any atom is -0.483 e. The molecule has 1 N–H and O–H groups in total. The summed E-state index contributed by atoms with van der Waals surface area (Å²) in [5, 5.41) is 8.18. The molecule has 0 saturated carbocycles. The van der Waals surface area contributed by atoms with Gasteiger partial charge in [-0.25, -0.2) is 0 Å². The monoisotopic (exact) mass is 441 g/mol. The Morgan fingerprint density at radius 2 is 1.96 bits per heavy atom. The van der Waals surface area contributed by atoms with Crippen molar-refractivity contribution in [1.82, 2.24) is 15.1 Å². The van der Waals surface area contributed by atoms with Crippen molar-refractivity contribution in [3.63, 3.8) is 0 Å². The zero-order valence-electron chi connectivity index (χ0n) is 15.4. The normalized spacial score (nSPS) is 12.1. The number of hydrogen-bond donors (Lipinski definition) is 1. The molecule has 6 nitrogen and oxygen atoms in total. The van der Waals surface area contributed by atoms with Crippen molar-refractivity contribution >= 4 is 40.7 Å². The van der Waals surface area contributed by atoms with Gasteiger partial charge in [0.25, 0.3) is 5.91 Å². The van der Waals surface area contributed by atoms with E-state index in [1.165, 1.54) is 12.1 Å². The van der Waals surface area contributed by atoms with Gasteiger partial charge in [-0.05, 0) is 38.1 Å². The van der Waals surface area contributed by atoms with Crippen LogP contribution in [0.25, 0.3) is 0 Å². The fourth-order valence-corrected chi connectivity index (χ4v) is 3.70. The standard InChI is InChI=1S/C19H18Cl3N3O3/c1-10(14-8-25(3)24-11(14)2)23-19(26)17-5-4-13(28-17)9-27-18-15(21)6-12(20)7-16(18)22/h4-8,10H,9H2,1-3H3,(H,23,26). The predicted molar refractivity (Wildman–Crippen MR) is 108 cm³/mol. The maximum atomic E-state index is 12.5. The van der Waals surface area contributed by atoms with Gasteiger partial charge in [-0.3, -0.25) is 9.48 Å². The number of amides is 1. The lowest BCUT2D eigenvalue weighted by atomic mass is 10.1. The summed E-state index contributed by atoms with van der Waals surface area (Å²) < 4.78 is 12.9. The van der Waals surface area contributed by atoms with Crippen molar-refractivity contribution in [2.75, 3.05) is 0 Å². The number of nitrogens with zero attached hydrogens (tertiary/aromatic N) is 2. The average Bonchev–Trinajstić information content (AvgIpc) is 3.20. The van der Waals surface area contributed by atoms with Crippen LogP contribution in [0.5, 0.6) is 5.75 Å². The van der Waals surface area contributed by atoms with Crippen LogP contribution in [0, 0.1) is 6.92 Å². The second-order valence-corrected chi connectivity index (χ2v) is 7.54. The van der Waals surface area contributed by atoms with Crippen molar-refractivity contribution in [2.24, 2.45) is 7.05 Å². The van der Waals surface area contributed by atoms with Crippen LogP contribution in [0.15, 0.2) is 34.9 Å². The molecule has 1 unspecified atom stereocenters. The summed E-state index contributed by atoms with van der Waals surface area (Å²) >= 11 is 18.1. The molecule has 2 aromatic heterocycles. The first-order chi connectivity index (χ1) is 13.2. The summed E-state index contributed by atoms with van der Waals surface area (Å²) in [6.07, 6.45) is 1.88. The van der Waals surface area contributed by atoms with E-state index in [9.17, 15) is 4.79 Å². The topological polar surface area (TPSA) is 69.3 Å². The third kappa shape index (κ3) is 4.63. The Bertz CT molecular complexity index is 990. The van der Waals surface area contributed by atoms with Crippen LogP contribution in [-0.4, -0.2) is 15.7 Å². The molecule has 28 heavy (non-hydrogen) atoms. The zero-order chi connectivity index (χ0) is 20.4. The lowest BCUT2D eigenvalue weighted by molar-refractivity contribution is 0.0907. The van der Waals surface area contributed by atoms with Crippen molar-refractivity contribution in [3.05, 3.63) is 68.3 Å². The molecule has 3 rings (SSSR count). The molecule has 0 fully saturated rings. The summed E-state index contributed by atoms with van der Waals surface area (Å²) in [5.41, 5.74) is 1.80. The number of furan rings is 1. The molecule has 0 radical (unpaired) electrons. The van der Waals surface area contributed by atoms with Crippen molar-refractivity contribution in [3.8, 4) is 5.75 Å². The zero-order valence-corrected chi connectivity index (χ0v) is 17.7. The third-order valence-corrected chi connectivity index (χ3v) is 4.85. The van der Waals surface area contributed by atoms with Crippen molar-refractivity contribution in [2.45, 2.75) is 26.5 Å². The Hall–Kier alpha value is -2.15. The second kappa shape index (κ2) is 8.47. The molecule has 2 heterocycles. The van der Waals surface area contributed by atoms with E-state index in [0.29, 0.717) is 26.6 Å². The van der Waals surface area contributed by atoms with Gasteiger partial charge in [0.2, 0.25) is 0 Å². The Kier molecular flexibility index (Phi) is 6.23. The highest BCUT2D eigenvalue weighted by Gasteiger charge is 2.18. The van der Waals surface area contributed by atoms with Crippen LogP contribution in [0.3, 0.4) is 0 Å². The minimum atomic E-state index is -0.329. The van der Waals surface area contributed by atoms with E-state index in [4.69, 9.17) is 44.0 Å². The lowest BCUT2D eigenvalue weighted by Gasteiger charge is -2.12. The van der Waals surface area contributed by atoms with Gasteiger partial charge in [0.05, 0.1) is 21.8 Å². The van der Waals surface area contributed by atoms with Crippen molar-refractivity contribution in [1.29, 1.82) is 0 Å². The van der Waals surface area contributed by atoms with Crippen LogP contribution in [0.1, 0.15) is 40.5 Å². The first-order valence-electron chi connectivity index (χ1n) is 8.41. The molecule has 0 saturated heterocycles. The highest BCUT2D eigenvalue weighted by atomic mass is 35.5. The van der Waals surface area contributed by atoms with E-state index in [0.717, 1.165) is 11.3 Å². The highest BCUT2D eigenvalue weighted by molar-refractivity contribution is 6.40. The summed E-state index contributed by atoms with van der Waals surface area (Å²) in [6, 6.07) is 6.10. The number of hydrogen-bond acceptors (Lipinski definition) is 4. The molecule has 1 aromatic carbocycles. The van der Waals surface area contributed by atoms with E-state index >= 15 is 0 Å². The Labute approximate surface area is 177 Å². The third-order valence-electron chi connectivity index (χ3n) is 4.07. The van der Waals surface area contributed by atoms with Gasteiger partial charge in [0.1, 0.15) is 12.4 Å². The van der Waals surface area contributed by atoms with Gasteiger partial charge in [-0.1, -0.05) is 34.8 Å².